The van der Waals surface area contributed by atoms with E-state index >= 15 is 0 Å². The van der Waals surface area contributed by atoms with Crippen molar-refractivity contribution in [1.29, 1.82) is 0 Å². The second kappa shape index (κ2) is 6.60. The molecule has 1 unspecified atom stereocenters. The van der Waals surface area contributed by atoms with Crippen molar-refractivity contribution in [2.75, 3.05) is 13.2 Å². The van der Waals surface area contributed by atoms with E-state index in [4.69, 9.17) is 32.7 Å². The predicted octanol–water partition coefficient (Wildman–Crippen LogP) is 4.14. The Balaban J connectivity index is 2.24. The molecule has 0 spiro atoms. The van der Waals surface area contributed by atoms with E-state index < -0.39 is 6.10 Å². The van der Waals surface area contributed by atoms with Gasteiger partial charge in [-0.2, -0.15) is 0 Å². The molecule has 1 aliphatic heterocycles. The second-order valence-electron chi connectivity index (χ2n) is 4.41. The van der Waals surface area contributed by atoms with Crippen LogP contribution in [0.2, 0.25) is 10.0 Å². The molecule has 1 atom stereocenters. The topological polar surface area (TPSA) is 35.5 Å². The summed E-state index contributed by atoms with van der Waals surface area (Å²) < 4.78 is 10.8. The van der Waals surface area contributed by atoms with Crippen LogP contribution in [0.25, 0.3) is 0 Å². The van der Waals surface area contributed by atoms with Gasteiger partial charge >= 0.3 is 0 Å². The van der Waals surface area contributed by atoms with Crippen LogP contribution in [0.5, 0.6) is 5.75 Å². The minimum Gasteiger partial charge on any atom is -0.492 e. The van der Waals surface area contributed by atoms with E-state index in [-0.39, 0.29) is 5.78 Å². The summed E-state index contributed by atoms with van der Waals surface area (Å²) in [5.74, 6) is 0.393. The van der Waals surface area contributed by atoms with E-state index in [2.05, 4.69) is 0 Å². The zero-order valence-corrected chi connectivity index (χ0v) is 12.3. The first-order valence-corrected chi connectivity index (χ1v) is 7.16. The normalized spacial score (nSPS) is 19.2. The molecule has 0 radical (unpaired) electrons. The lowest BCUT2D eigenvalue weighted by Gasteiger charge is -2.22. The van der Waals surface area contributed by atoms with E-state index in [0.29, 0.717) is 34.6 Å². The Labute approximate surface area is 122 Å². The highest BCUT2D eigenvalue weighted by atomic mass is 35.5. The summed E-state index contributed by atoms with van der Waals surface area (Å²) in [6.45, 7) is 2.98. The molecule has 5 heteroatoms. The van der Waals surface area contributed by atoms with Crippen molar-refractivity contribution in [2.24, 2.45) is 0 Å². The molecular weight excluding hydrogens is 287 g/mol. The first-order chi connectivity index (χ1) is 9.13. The van der Waals surface area contributed by atoms with Gasteiger partial charge in [0.25, 0.3) is 0 Å². The molecule has 1 saturated heterocycles. The Morgan fingerprint density at radius 3 is 2.79 bits per heavy atom. The van der Waals surface area contributed by atoms with Crippen LogP contribution in [0.3, 0.4) is 0 Å². The number of Topliss-reactive ketones (excluding diaryl/α,β-unsaturated/α-hetero) is 1. The van der Waals surface area contributed by atoms with Crippen LogP contribution in [-0.4, -0.2) is 25.1 Å². The van der Waals surface area contributed by atoms with Gasteiger partial charge in [0.05, 0.1) is 16.7 Å². The average Bonchev–Trinajstić information content (AvgIpc) is 2.43. The SMILES string of the molecule is CCOc1cc(Cl)c(C(=O)C2CCCCO2)cc1Cl. The minimum absolute atomic E-state index is 0.102. The third-order valence-corrected chi connectivity index (χ3v) is 3.67. The van der Waals surface area contributed by atoms with Gasteiger partial charge in [-0.15, -0.1) is 0 Å². The Morgan fingerprint density at radius 1 is 1.37 bits per heavy atom. The van der Waals surface area contributed by atoms with Crippen molar-refractivity contribution in [3.8, 4) is 5.75 Å². The average molecular weight is 303 g/mol. The molecule has 1 aromatic rings. The van der Waals surface area contributed by atoms with Crippen molar-refractivity contribution in [2.45, 2.75) is 32.3 Å². The van der Waals surface area contributed by atoms with E-state index in [1.807, 2.05) is 6.92 Å². The second-order valence-corrected chi connectivity index (χ2v) is 5.23. The van der Waals surface area contributed by atoms with Crippen molar-refractivity contribution in [1.82, 2.24) is 0 Å². The molecule has 0 amide bonds. The van der Waals surface area contributed by atoms with Gasteiger partial charge in [0.2, 0.25) is 0 Å². The van der Waals surface area contributed by atoms with Crippen LogP contribution >= 0.6 is 23.2 Å². The third kappa shape index (κ3) is 3.41. The monoisotopic (exact) mass is 302 g/mol. The number of ketones is 1. The van der Waals surface area contributed by atoms with E-state index in [1.54, 1.807) is 12.1 Å². The van der Waals surface area contributed by atoms with Crippen LogP contribution in [0, 0.1) is 0 Å². The maximum absolute atomic E-state index is 12.3. The summed E-state index contributed by atoms with van der Waals surface area (Å²) >= 11 is 12.2. The molecule has 1 aliphatic rings. The quantitative estimate of drug-likeness (QED) is 0.784. The number of hydrogen-bond acceptors (Lipinski definition) is 3. The number of halogens is 2. The van der Waals surface area contributed by atoms with Crippen molar-refractivity contribution in [3.05, 3.63) is 27.7 Å². The van der Waals surface area contributed by atoms with Crippen LogP contribution in [0.1, 0.15) is 36.5 Å². The van der Waals surface area contributed by atoms with Crippen LogP contribution in [0.4, 0.5) is 0 Å². The van der Waals surface area contributed by atoms with Crippen LogP contribution in [0.15, 0.2) is 12.1 Å². The molecule has 0 aromatic heterocycles. The zero-order valence-electron chi connectivity index (χ0n) is 10.7. The molecular formula is C14H16Cl2O3. The molecule has 0 N–H and O–H groups in total. The van der Waals surface area contributed by atoms with Gasteiger partial charge in [-0.05, 0) is 32.3 Å². The maximum Gasteiger partial charge on any atom is 0.193 e. The summed E-state index contributed by atoms with van der Waals surface area (Å²) in [7, 11) is 0. The molecule has 0 saturated carbocycles. The van der Waals surface area contributed by atoms with E-state index in [9.17, 15) is 4.79 Å². The van der Waals surface area contributed by atoms with E-state index in [0.717, 1.165) is 19.3 Å². The molecule has 19 heavy (non-hydrogen) atoms. The first kappa shape index (κ1) is 14.6. The van der Waals surface area contributed by atoms with Gasteiger partial charge in [0.1, 0.15) is 11.9 Å². The minimum atomic E-state index is -0.403. The number of carbonyl (C=O) groups excluding carboxylic acids is 1. The Bertz CT molecular complexity index is 468. The van der Waals surface area contributed by atoms with E-state index in [1.165, 1.54) is 0 Å². The summed E-state index contributed by atoms with van der Waals surface area (Å²) in [6.07, 6.45) is 2.33. The first-order valence-electron chi connectivity index (χ1n) is 6.41. The summed E-state index contributed by atoms with van der Waals surface area (Å²) in [4.78, 5) is 12.3. The lowest BCUT2D eigenvalue weighted by atomic mass is 10.00. The molecule has 1 fully saturated rings. The highest BCUT2D eigenvalue weighted by Crippen LogP contribution is 2.32. The molecule has 3 nitrogen and oxygen atoms in total. The molecule has 0 bridgehead atoms. The lowest BCUT2D eigenvalue weighted by Crippen LogP contribution is -2.28. The fraction of sp³-hybridized carbons (Fsp3) is 0.500. The number of hydrogen-bond donors (Lipinski definition) is 0. The largest absolute Gasteiger partial charge is 0.492 e. The summed E-state index contributed by atoms with van der Waals surface area (Å²) in [5.41, 5.74) is 0.405. The molecule has 2 rings (SSSR count). The molecule has 1 aromatic carbocycles. The summed E-state index contributed by atoms with van der Waals surface area (Å²) in [5, 5.41) is 0.748. The Morgan fingerprint density at radius 2 is 2.16 bits per heavy atom. The maximum atomic E-state index is 12.3. The van der Waals surface area contributed by atoms with Gasteiger partial charge in [-0.1, -0.05) is 23.2 Å². The number of rotatable bonds is 4. The molecule has 104 valence electrons. The van der Waals surface area contributed by atoms with Crippen molar-refractivity contribution >= 4 is 29.0 Å². The van der Waals surface area contributed by atoms with Gasteiger partial charge < -0.3 is 9.47 Å². The summed E-state index contributed by atoms with van der Waals surface area (Å²) in [6, 6.07) is 3.15. The number of benzene rings is 1. The molecule has 1 heterocycles. The third-order valence-electron chi connectivity index (χ3n) is 3.06. The van der Waals surface area contributed by atoms with Crippen LogP contribution < -0.4 is 4.74 Å². The lowest BCUT2D eigenvalue weighted by molar-refractivity contribution is 0.0186. The van der Waals surface area contributed by atoms with Gasteiger partial charge in [0, 0.05) is 18.2 Å². The predicted molar refractivity (Wildman–Crippen MR) is 75.6 cm³/mol. The van der Waals surface area contributed by atoms with Gasteiger partial charge in [-0.25, -0.2) is 0 Å². The Hall–Kier alpha value is -0.770. The standard InChI is InChI=1S/C14H16Cl2O3/c1-2-18-13-8-10(15)9(7-11(13)16)14(17)12-5-3-4-6-19-12/h7-8,12H,2-6H2,1H3. The highest BCUT2D eigenvalue weighted by Gasteiger charge is 2.25. The highest BCUT2D eigenvalue weighted by molar-refractivity contribution is 6.37. The number of carbonyl (C=O) groups is 1. The van der Waals surface area contributed by atoms with Gasteiger partial charge in [-0.3, -0.25) is 4.79 Å². The van der Waals surface area contributed by atoms with Crippen LogP contribution in [-0.2, 0) is 4.74 Å². The fourth-order valence-corrected chi connectivity index (χ4v) is 2.57. The molecule has 0 aliphatic carbocycles. The van der Waals surface area contributed by atoms with Gasteiger partial charge in [0.15, 0.2) is 5.78 Å². The zero-order chi connectivity index (χ0) is 13.8. The smallest absolute Gasteiger partial charge is 0.193 e. The Kier molecular flexibility index (Phi) is 5.08. The van der Waals surface area contributed by atoms with Crippen molar-refractivity contribution in [3.63, 3.8) is 0 Å². The fourth-order valence-electron chi connectivity index (χ4n) is 2.10. The van der Waals surface area contributed by atoms with Crippen molar-refractivity contribution < 1.29 is 14.3 Å². The number of ether oxygens (including phenoxy) is 2.